The Morgan fingerprint density at radius 2 is 1.70 bits per heavy atom. The van der Waals surface area contributed by atoms with Gasteiger partial charge in [-0.2, -0.15) is 11.8 Å². The second-order valence-corrected chi connectivity index (χ2v) is 16.6. The molecule has 0 spiro atoms. The van der Waals surface area contributed by atoms with Crippen LogP contribution in [0.25, 0.3) is 6.08 Å². The van der Waals surface area contributed by atoms with Crippen LogP contribution in [0.4, 0.5) is 10.5 Å². The number of rotatable bonds is 16. The lowest BCUT2D eigenvalue weighted by Gasteiger charge is -2.33. The third-order valence-corrected chi connectivity index (χ3v) is 12.6. The number of carbonyl (C=O) groups is 3. The molecule has 270 valence electrons. The quantitative estimate of drug-likeness (QED) is 0.122. The molecule has 2 aromatic rings. The van der Waals surface area contributed by atoms with E-state index in [0.717, 1.165) is 76.6 Å². The Hall–Kier alpha value is -3.53. The van der Waals surface area contributed by atoms with Crippen LogP contribution >= 0.6 is 11.8 Å². The van der Waals surface area contributed by atoms with Crippen molar-refractivity contribution >= 4 is 41.4 Å². The van der Waals surface area contributed by atoms with Crippen LogP contribution in [0.1, 0.15) is 100 Å². The highest BCUT2D eigenvalue weighted by atomic mass is 32.2. The molecule has 9 nitrogen and oxygen atoms in total. The van der Waals surface area contributed by atoms with Crippen molar-refractivity contribution in [3.8, 4) is 0 Å². The van der Waals surface area contributed by atoms with E-state index in [1.165, 1.54) is 38.5 Å². The fraction of sp³-hybridized carbons (Fsp3) is 0.600. The van der Waals surface area contributed by atoms with Crippen LogP contribution in [0, 0.1) is 0 Å². The summed E-state index contributed by atoms with van der Waals surface area (Å²) in [6, 6.07) is 12.1. The van der Waals surface area contributed by atoms with Crippen LogP contribution in [0.3, 0.4) is 0 Å². The largest absolute Gasteiger partial charge is 0.378 e. The second-order valence-electron chi connectivity index (χ2n) is 15.3. The molecule has 1 aliphatic carbocycles. The lowest BCUT2D eigenvalue weighted by molar-refractivity contribution is -0.121. The summed E-state index contributed by atoms with van der Waals surface area (Å²) in [5.41, 5.74) is 6.63. The maximum absolute atomic E-state index is 12.6. The molecule has 50 heavy (non-hydrogen) atoms. The van der Waals surface area contributed by atoms with E-state index >= 15 is 0 Å². The number of aryl methyl sites for hydroxylation is 1. The van der Waals surface area contributed by atoms with Crippen LogP contribution < -0.4 is 41.3 Å². The highest BCUT2D eigenvalue weighted by molar-refractivity contribution is 8.00. The fourth-order valence-corrected chi connectivity index (χ4v) is 9.73. The molecule has 2 saturated heterocycles. The Balaban J connectivity index is 0.873. The maximum Gasteiger partial charge on any atom is 0.315 e. The number of unbranched alkanes of at least 4 members (excludes halogenated alkanes) is 3. The summed E-state index contributed by atoms with van der Waals surface area (Å²) in [6.07, 6.45) is 12.3. The Bertz CT molecular complexity index is 1710. The number of nitrogens with one attached hydrogen (secondary N) is 4. The molecule has 3 atom stereocenters. The number of hydrogen-bond donors (Lipinski definition) is 4. The number of nitrogens with zero attached hydrogens (tertiary/aromatic N) is 2. The fourth-order valence-electron chi connectivity index (χ4n) is 8.19. The van der Waals surface area contributed by atoms with E-state index in [9.17, 15) is 14.4 Å². The van der Waals surface area contributed by atoms with Gasteiger partial charge in [-0.3, -0.25) is 9.59 Å². The second kappa shape index (κ2) is 16.2. The minimum Gasteiger partial charge on any atom is -0.378 e. The van der Waals surface area contributed by atoms with Crippen LogP contribution in [0.2, 0.25) is 0 Å². The van der Waals surface area contributed by atoms with Gasteiger partial charge in [0.1, 0.15) is 13.1 Å². The Labute approximate surface area is 302 Å². The lowest BCUT2D eigenvalue weighted by Crippen LogP contribution is -2.42. The number of benzene rings is 2. The van der Waals surface area contributed by atoms with E-state index in [1.807, 2.05) is 11.8 Å². The summed E-state index contributed by atoms with van der Waals surface area (Å²) in [5, 5.41) is 15.3. The first-order chi connectivity index (χ1) is 24.1. The van der Waals surface area contributed by atoms with Crippen LogP contribution in [-0.2, 0) is 21.4 Å². The lowest BCUT2D eigenvalue weighted by atomic mass is 9.71. The molecular formula is C40H57N6O3S+. The first kappa shape index (κ1) is 36.3. The molecule has 10 heteroatoms. The smallest absolute Gasteiger partial charge is 0.315 e. The normalized spacial score (nSPS) is 21.2. The summed E-state index contributed by atoms with van der Waals surface area (Å²) in [4.78, 5) is 38.6. The van der Waals surface area contributed by atoms with Gasteiger partial charge in [0.25, 0.3) is 0 Å². The number of carbonyl (C=O) groups excluding carboxylic acids is 3. The molecule has 6 rings (SSSR count). The van der Waals surface area contributed by atoms with Gasteiger partial charge in [0.15, 0.2) is 0 Å². The van der Waals surface area contributed by atoms with E-state index < -0.39 is 0 Å². The van der Waals surface area contributed by atoms with Crippen LogP contribution in [0.5, 0.6) is 0 Å². The van der Waals surface area contributed by atoms with Crippen molar-refractivity contribution in [2.24, 2.45) is 0 Å². The molecule has 0 unspecified atom stereocenters. The van der Waals surface area contributed by atoms with Crippen molar-refractivity contribution in [3.63, 3.8) is 0 Å². The van der Waals surface area contributed by atoms with Gasteiger partial charge in [0.05, 0.1) is 12.1 Å². The standard InChI is InChI=1S/C40H56N6O3S/c1-40(2)31-24-30(45(3)4)17-16-27(31)22-29-23-28-12-10-20-46(34(28)25-32(29)40)21-11-15-37(48)42-19-9-5-8-18-41-36(47)14-7-6-13-35-38-33(26-50-35)43-39(49)44-38/h16-17,22-25,33,35,38H,5-15,18-21,26H2,1-4H3,(H3-,41,42,43,44,47,48,49)/p+1/t33-,35-,38-/m0/s1. The Morgan fingerprint density at radius 1 is 0.940 bits per heavy atom. The van der Waals surface area contributed by atoms with Gasteiger partial charge in [-0.1, -0.05) is 26.3 Å². The molecule has 4 N–H and O–H groups in total. The SMILES string of the molecule is CN(C)c1ccc2c(c1)C(C)(C)c1cc3c(cc1=C2)CCC[N+]=3CCCC(=O)NCCCCCNC(=O)CCCC[C@@H]1SC[C@@H]2NC(=O)N[C@@H]21. The van der Waals surface area contributed by atoms with Crippen molar-refractivity contribution in [3.05, 3.63) is 63.2 Å². The van der Waals surface area contributed by atoms with Crippen molar-refractivity contribution in [1.29, 1.82) is 0 Å². The summed E-state index contributed by atoms with van der Waals surface area (Å²) in [7, 11) is 4.20. The van der Waals surface area contributed by atoms with Crippen molar-refractivity contribution in [2.75, 3.05) is 50.9 Å². The zero-order valence-corrected chi connectivity index (χ0v) is 31.4. The van der Waals surface area contributed by atoms with Gasteiger partial charge < -0.3 is 26.2 Å². The van der Waals surface area contributed by atoms with Gasteiger partial charge in [0.2, 0.25) is 17.2 Å². The molecule has 0 radical (unpaired) electrons. The van der Waals surface area contributed by atoms with E-state index in [1.54, 1.807) is 0 Å². The predicted octanol–water partition coefficient (Wildman–Crippen LogP) is 3.57. The van der Waals surface area contributed by atoms with Crippen molar-refractivity contribution in [1.82, 2.24) is 25.8 Å². The van der Waals surface area contributed by atoms with Crippen molar-refractivity contribution < 1.29 is 14.4 Å². The third-order valence-electron chi connectivity index (χ3n) is 11.1. The zero-order chi connectivity index (χ0) is 35.3. The summed E-state index contributed by atoms with van der Waals surface area (Å²) >= 11 is 1.92. The van der Waals surface area contributed by atoms with Gasteiger partial charge in [-0.15, -0.1) is 0 Å². The minimum atomic E-state index is -0.0935. The molecule has 3 heterocycles. The first-order valence-electron chi connectivity index (χ1n) is 18.9. The average molecular weight is 702 g/mol. The number of fused-ring (bicyclic) bond motifs is 4. The van der Waals surface area contributed by atoms with Gasteiger partial charge in [-0.05, 0) is 84.7 Å². The van der Waals surface area contributed by atoms with E-state index in [0.29, 0.717) is 31.2 Å². The van der Waals surface area contributed by atoms with E-state index in [2.05, 4.69) is 95.1 Å². The summed E-state index contributed by atoms with van der Waals surface area (Å²) < 4.78 is 2.50. The maximum atomic E-state index is 12.6. The van der Waals surface area contributed by atoms with E-state index in [-0.39, 0.29) is 35.3 Å². The molecular weight excluding hydrogens is 645 g/mol. The van der Waals surface area contributed by atoms with Crippen molar-refractivity contribution in [2.45, 2.75) is 107 Å². The number of amides is 4. The van der Waals surface area contributed by atoms with Crippen LogP contribution in [0.15, 0.2) is 30.3 Å². The zero-order valence-electron chi connectivity index (χ0n) is 30.5. The number of thioether (sulfide) groups is 1. The number of urea groups is 1. The molecule has 0 saturated carbocycles. The monoisotopic (exact) mass is 701 g/mol. The number of anilines is 1. The molecule has 0 bridgehead atoms. The van der Waals surface area contributed by atoms with E-state index in [4.69, 9.17) is 0 Å². The van der Waals surface area contributed by atoms with Gasteiger partial charge >= 0.3 is 6.03 Å². The molecule has 2 aromatic carbocycles. The molecule has 3 aliphatic heterocycles. The third kappa shape index (κ3) is 8.49. The Kier molecular flexibility index (Phi) is 11.8. The van der Waals surface area contributed by atoms with Gasteiger partial charge in [0, 0.05) is 86.6 Å². The average Bonchev–Trinajstić information content (AvgIpc) is 3.64. The topological polar surface area (TPSA) is 106 Å². The Morgan fingerprint density at radius 3 is 2.46 bits per heavy atom. The highest BCUT2D eigenvalue weighted by Gasteiger charge is 2.42. The molecule has 4 amide bonds. The predicted molar refractivity (Wildman–Crippen MR) is 205 cm³/mol. The molecule has 0 aromatic heterocycles. The van der Waals surface area contributed by atoms with Gasteiger partial charge in [-0.25, -0.2) is 9.37 Å². The summed E-state index contributed by atoms with van der Waals surface area (Å²) in [6.45, 7) is 8.00. The first-order valence-corrected chi connectivity index (χ1v) is 20.0. The van der Waals surface area contributed by atoms with Crippen LogP contribution in [-0.4, -0.2) is 81.2 Å². The minimum absolute atomic E-state index is 0.0465. The molecule has 2 fully saturated rings. The highest BCUT2D eigenvalue weighted by Crippen LogP contribution is 2.37. The molecule has 4 aliphatic rings. The number of hydrogen-bond acceptors (Lipinski definition) is 5. The summed E-state index contributed by atoms with van der Waals surface area (Å²) in [5.74, 6) is 1.22.